The lowest BCUT2D eigenvalue weighted by Gasteiger charge is -2.08. The highest BCUT2D eigenvalue weighted by Gasteiger charge is 2.16. The van der Waals surface area contributed by atoms with Gasteiger partial charge >= 0.3 is 0 Å². The third kappa shape index (κ3) is 3.63. The van der Waals surface area contributed by atoms with E-state index in [2.05, 4.69) is 11.4 Å². The van der Waals surface area contributed by atoms with E-state index in [1.54, 1.807) is 11.3 Å². The van der Waals surface area contributed by atoms with Crippen molar-refractivity contribution >= 4 is 40.6 Å². The van der Waals surface area contributed by atoms with Gasteiger partial charge in [0.15, 0.2) is 0 Å². The van der Waals surface area contributed by atoms with Crippen molar-refractivity contribution < 1.29 is 4.79 Å². The predicted molar refractivity (Wildman–Crippen MR) is 76.5 cm³/mol. The molecule has 0 radical (unpaired) electrons. The Bertz CT molecular complexity index is 368. The Morgan fingerprint density at radius 2 is 2.35 bits per heavy atom. The molecule has 0 atom stereocenters. The van der Waals surface area contributed by atoms with E-state index in [4.69, 9.17) is 11.6 Å². The summed E-state index contributed by atoms with van der Waals surface area (Å²) in [4.78, 5) is 14.1. The van der Waals surface area contributed by atoms with Crippen molar-refractivity contribution in [3.63, 3.8) is 0 Å². The van der Waals surface area contributed by atoms with Gasteiger partial charge in [0.1, 0.15) is 0 Å². The van der Waals surface area contributed by atoms with E-state index >= 15 is 0 Å². The molecule has 0 saturated carbocycles. The van der Waals surface area contributed by atoms with Gasteiger partial charge in [-0.2, -0.15) is 11.8 Å². The molecule has 0 fully saturated rings. The first-order valence-electron chi connectivity index (χ1n) is 5.84. The number of nitrogens with one attached hydrogen (secondary N) is 1. The number of carbonyl (C=O) groups is 1. The minimum Gasteiger partial charge on any atom is -0.351 e. The molecule has 0 unspecified atom stereocenters. The fourth-order valence-corrected chi connectivity index (χ4v) is 4.25. The molecule has 1 N–H and O–H groups in total. The van der Waals surface area contributed by atoms with E-state index in [1.165, 1.54) is 16.2 Å². The molecular formula is C12H16ClNOS2. The molecule has 2 rings (SSSR count). The number of hydrogen-bond donors (Lipinski definition) is 1. The second-order valence-electron chi connectivity index (χ2n) is 4.01. The van der Waals surface area contributed by atoms with Crippen molar-refractivity contribution in [2.24, 2.45) is 0 Å². The number of hydrogen-bond acceptors (Lipinski definition) is 3. The standard InChI is InChI=1S/C12H16ClNOS2/c13-4-1-2-5-14-12(15)11-7-9-8-16-6-3-10(9)17-11/h7H,1-6,8H2,(H,14,15). The van der Waals surface area contributed by atoms with Gasteiger partial charge in [0.25, 0.3) is 5.91 Å². The quantitative estimate of drug-likeness (QED) is 0.666. The van der Waals surface area contributed by atoms with Gasteiger partial charge in [0.05, 0.1) is 4.88 Å². The summed E-state index contributed by atoms with van der Waals surface area (Å²) < 4.78 is 0. The maximum absolute atomic E-state index is 11.9. The van der Waals surface area contributed by atoms with Gasteiger partial charge in [-0.1, -0.05) is 0 Å². The first-order chi connectivity index (χ1) is 8.31. The van der Waals surface area contributed by atoms with Crippen LogP contribution in [-0.4, -0.2) is 24.1 Å². The normalized spacial score (nSPS) is 14.4. The molecular weight excluding hydrogens is 274 g/mol. The van der Waals surface area contributed by atoms with Crippen molar-refractivity contribution in [3.05, 3.63) is 21.4 Å². The maximum Gasteiger partial charge on any atom is 0.261 e. The van der Waals surface area contributed by atoms with Gasteiger partial charge in [0, 0.05) is 23.1 Å². The Morgan fingerprint density at radius 1 is 1.47 bits per heavy atom. The van der Waals surface area contributed by atoms with E-state index < -0.39 is 0 Å². The number of alkyl halides is 1. The van der Waals surface area contributed by atoms with Crippen molar-refractivity contribution in [2.75, 3.05) is 18.2 Å². The van der Waals surface area contributed by atoms with E-state index in [0.717, 1.165) is 36.4 Å². The van der Waals surface area contributed by atoms with E-state index in [-0.39, 0.29) is 5.91 Å². The van der Waals surface area contributed by atoms with Crippen LogP contribution in [0.15, 0.2) is 6.07 Å². The van der Waals surface area contributed by atoms with Crippen molar-refractivity contribution in [1.29, 1.82) is 0 Å². The molecule has 5 heteroatoms. The van der Waals surface area contributed by atoms with Crippen LogP contribution in [0, 0.1) is 0 Å². The van der Waals surface area contributed by atoms with Gasteiger partial charge in [-0.15, -0.1) is 22.9 Å². The van der Waals surface area contributed by atoms with E-state index in [9.17, 15) is 4.79 Å². The number of fused-ring (bicyclic) bond motifs is 1. The molecule has 2 heterocycles. The number of thiophene rings is 1. The molecule has 0 spiro atoms. The third-order valence-corrected chi connectivity index (χ3v) is 5.21. The predicted octanol–water partition coefficient (Wildman–Crippen LogP) is 3.29. The summed E-state index contributed by atoms with van der Waals surface area (Å²) >= 11 is 9.19. The second kappa shape index (κ2) is 6.66. The summed E-state index contributed by atoms with van der Waals surface area (Å²) in [5, 5.41) is 2.95. The number of unbranched alkanes of at least 4 members (excludes halogenated alkanes) is 1. The molecule has 1 aromatic rings. The zero-order valence-corrected chi connectivity index (χ0v) is 12.0. The maximum atomic E-state index is 11.9. The molecule has 1 aliphatic rings. The number of thioether (sulfide) groups is 1. The fourth-order valence-electron chi connectivity index (χ4n) is 1.77. The summed E-state index contributed by atoms with van der Waals surface area (Å²) in [5.74, 6) is 2.99. The lowest BCUT2D eigenvalue weighted by molar-refractivity contribution is 0.0957. The number of amides is 1. The third-order valence-electron chi connectivity index (χ3n) is 2.70. The summed E-state index contributed by atoms with van der Waals surface area (Å²) in [6.45, 7) is 0.725. The van der Waals surface area contributed by atoms with Crippen LogP contribution in [0.4, 0.5) is 0 Å². The lowest BCUT2D eigenvalue weighted by atomic mass is 10.2. The minimum atomic E-state index is 0.0731. The second-order valence-corrected chi connectivity index (χ2v) is 6.63. The van der Waals surface area contributed by atoms with Crippen molar-refractivity contribution in [3.8, 4) is 0 Å². The Kier molecular flexibility index (Phi) is 5.19. The highest BCUT2D eigenvalue weighted by molar-refractivity contribution is 7.98. The highest BCUT2D eigenvalue weighted by atomic mass is 35.5. The molecule has 0 aromatic carbocycles. The summed E-state index contributed by atoms with van der Waals surface area (Å²) in [6, 6.07) is 2.06. The number of halogens is 1. The number of rotatable bonds is 5. The zero-order valence-electron chi connectivity index (χ0n) is 9.63. The monoisotopic (exact) mass is 289 g/mol. The molecule has 2 nitrogen and oxygen atoms in total. The van der Waals surface area contributed by atoms with Crippen LogP contribution in [0.1, 0.15) is 33.0 Å². The van der Waals surface area contributed by atoms with Crippen LogP contribution in [-0.2, 0) is 12.2 Å². The van der Waals surface area contributed by atoms with Crippen molar-refractivity contribution in [2.45, 2.75) is 25.0 Å². The SMILES string of the molecule is O=C(NCCCCCl)c1cc2c(s1)CCSC2. The van der Waals surface area contributed by atoms with E-state index in [0.29, 0.717) is 5.88 Å². The van der Waals surface area contributed by atoms with Crippen LogP contribution in [0.2, 0.25) is 0 Å². The average molecular weight is 290 g/mol. The first-order valence-corrected chi connectivity index (χ1v) is 8.35. The molecule has 0 bridgehead atoms. The highest BCUT2D eigenvalue weighted by Crippen LogP contribution is 2.31. The van der Waals surface area contributed by atoms with Crippen LogP contribution in [0.25, 0.3) is 0 Å². The smallest absolute Gasteiger partial charge is 0.261 e. The number of carbonyl (C=O) groups excluding carboxylic acids is 1. The largest absolute Gasteiger partial charge is 0.351 e. The molecule has 94 valence electrons. The van der Waals surface area contributed by atoms with E-state index in [1.807, 2.05) is 11.8 Å². The molecule has 17 heavy (non-hydrogen) atoms. The van der Waals surface area contributed by atoms with Gasteiger partial charge in [0.2, 0.25) is 0 Å². The van der Waals surface area contributed by atoms with Crippen molar-refractivity contribution in [1.82, 2.24) is 5.32 Å². The molecule has 0 aliphatic carbocycles. The average Bonchev–Trinajstić information content (AvgIpc) is 2.78. The summed E-state index contributed by atoms with van der Waals surface area (Å²) in [7, 11) is 0. The fraction of sp³-hybridized carbons (Fsp3) is 0.583. The summed E-state index contributed by atoms with van der Waals surface area (Å²) in [6.07, 6.45) is 3.03. The Morgan fingerprint density at radius 3 is 3.12 bits per heavy atom. The van der Waals surface area contributed by atoms with Crippen LogP contribution in [0.5, 0.6) is 0 Å². The van der Waals surface area contributed by atoms with Gasteiger partial charge < -0.3 is 5.32 Å². The molecule has 1 amide bonds. The van der Waals surface area contributed by atoms with Gasteiger partial charge in [-0.25, -0.2) is 0 Å². The number of aryl methyl sites for hydroxylation is 1. The Labute approximate surface area is 115 Å². The topological polar surface area (TPSA) is 29.1 Å². The van der Waals surface area contributed by atoms with Crippen LogP contribution < -0.4 is 5.32 Å². The van der Waals surface area contributed by atoms with Gasteiger partial charge in [-0.05, 0) is 36.6 Å². The van der Waals surface area contributed by atoms with Gasteiger partial charge in [-0.3, -0.25) is 4.79 Å². The Hall–Kier alpha value is -0.190. The zero-order chi connectivity index (χ0) is 12.1. The minimum absolute atomic E-state index is 0.0731. The van der Waals surface area contributed by atoms with Crippen LogP contribution >= 0.6 is 34.7 Å². The van der Waals surface area contributed by atoms with Crippen LogP contribution in [0.3, 0.4) is 0 Å². The lowest BCUT2D eigenvalue weighted by Crippen LogP contribution is -2.23. The first kappa shape index (κ1) is 13.2. The Balaban J connectivity index is 1.88. The summed E-state index contributed by atoms with van der Waals surface area (Å²) in [5.41, 5.74) is 1.36. The molecule has 1 aromatic heterocycles. The molecule has 0 saturated heterocycles. The molecule has 1 aliphatic heterocycles.